The number of likely N-dealkylation sites (tertiary alicyclic amines) is 1. The quantitative estimate of drug-likeness (QED) is 0.103. The molecule has 0 aliphatic carbocycles. The summed E-state index contributed by atoms with van der Waals surface area (Å²) < 4.78 is 19.2. The molecule has 0 radical (unpaired) electrons. The average molecular weight is 858 g/mol. The number of piperidine rings is 1. The Kier molecular flexibility index (Phi) is 14.3. The van der Waals surface area contributed by atoms with Gasteiger partial charge >= 0.3 is 6.03 Å². The molecule has 3 aromatic rings. The van der Waals surface area contributed by atoms with E-state index in [1.165, 1.54) is 10.6 Å². The second-order valence-electron chi connectivity index (χ2n) is 15.4. The number of urea groups is 1. The van der Waals surface area contributed by atoms with Crippen molar-refractivity contribution < 1.29 is 52.9 Å². The van der Waals surface area contributed by atoms with E-state index in [1.807, 2.05) is 18.3 Å². The number of nitrogens with zero attached hydrogens (tertiary/aromatic N) is 4. The average Bonchev–Trinajstić information content (AvgIpc) is 3.50. The molecule has 1 unspecified atom stereocenters. The van der Waals surface area contributed by atoms with Crippen molar-refractivity contribution in [3.05, 3.63) is 74.7 Å². The third-order valence-corrected chi connectivity index (χ3v) is 11.4. The molecule has 1 atom stereocenters. The van der Waals surface area contributed by atoms with Gasteiger partial charge < -0.3 is 39.4 Å². The van der Waals surface area contributed by atoms with Gasteiger partial charge in [0.05, 0.1) is 44.5 Å². The fourth-order valence-corrected chi connectivity index (χ4v) is 8.34. The molecule has 2 aromatic carbocycles. The Labute approximate surface area is 357 Å². The molecule has 7 amide bonds. The topological polar surface area (TPSA) is 235 Å². The van der Waals surface area contributed by atoms with Crippen LogP contribution in [0.4, 0.5) is 4.79 Å². The number of aryl methyl sites for hydroxylation is 1. The maximum absolute atomic E-state index is 13.3. The Morgan fingerprint density at radius 1 is 0.919 bits per heavy atom. The zero-order chi connectivity index (χ0) is 44.7. The minimum Gasteiger partial charge on any atom is -0.496 e. The summed E-state index contributed by atoms with van der Waals surface area (Å²) in [6.07, 6.45) is 4.79. The molecule has 62 heavy (non-hydrogen) atoms. The molecule has 7 rings (SSSR count). The van der Waals surface area contributed by atoms with Gasteiger partial charge in [-0.05, 0) is 61.9 Å². The first-order valence-electron chi connectivity index (χ1n) is 20.3. The molecule has 19 nitrogen and oxygen atoms in total. The molecular formula is C43H51N7O12. The number of carbonyl (C=O) groups is 7. The fourth-order valence-electron chi connectivity index (χ4n) is 8.34. The summed E-state index contributed by atoms with van der Waals surface area (Å²) in [5.41, 5.74) is 4.18. The highest BCUT2D eigenvalue weighted by Gasteiger charge is 2.46. The molecule has 4 aliphatic heterocycles. The van der Waals surface area contributed by atoms with Gasteiger partial charge in [-0.25, -0.2) is 4.79 Å². The molecule has 2 saturated heterocycles. The van der Waals surface area contributed by atoms with Crippen LogP contribution >= 0.6 is 0 Å². The van der Waals surface area contributed by atoms with Crippen molar-refractivity contribution in [2.75, 3.05) is 47.5 Å². The van der Waals surface area contributed by atoms with Gasteiger partial charge in [-0.2, -0.15) is 0 Å². The van der Waals surface area contributed by atoms with Crippen LogP contribution in [-0.4, -0.2) is 126 Å². The van der Waals surface area contributed by atoms with Crippen LogP contribution in [0.25, 0.3) is 11.1 Å². The number of carboxylic acid groups (broad SMARTS) is 1. The van der Waals surface area contributed by atoms with Crippen LogP contribution in [0.15, 0.2) is 41.3 Å². The van der Waals surface area contributed by atoms with Crippen molar-refractivity contribution in [1.29, 1.82) is 0 Å². The fraction of sp³-hybridized carbons (Fsp3) is 0.442. The van der Waals surface area contributed by atoms with E-state index in [9.17, 15) is 33.6 Å². The van der Waals surface area contributed by atoms with Gasteiger partial charge in [0.2, 0.25) is 17.7 Å². The Balaban J connectivity index is 0.00000208. The Hall–Kier alpha value is -6.76. The molecule has 5 heterocycles. The van der Waals surface area contributed by atoms with Crippen LogP contribution in [0.2, 0.25) is 0 Å². The smallest absolute Gasteiger partial charge is 0.317 e. The van der Waals surface area contributed by atoms with E-state index in [2.05, 4.69) is 20.9 Å². The number of aromatic nitrogens is 1. The molecule has 330 valence electrons. The molecule has 4 aliphatic rings. The SMILES string of the molecule is CNC(=O)N1CCc2c(-c3cc(OC)c(CN4CC(NC(=O)CCCCCOc5cccc6c5C(=O)N(C5CCC(=O)NC5=O)C6=O)C4)cc3OC)cn(C)c(=O)c2C1.O=CO. The van der Waals surface area contributed by atoms with Crippen LogP contribution in [0.3, 0.4) is 0 Å². The summed E-state index contributed by atoms with van der Waals surface area (Å²) in [6, 6.07) is 7.40. The highest BCUT2D eigenvalue weighted by molar-refractivity contribution is 6.24. The lowest BCUT2D eigenvalue weighted by atomic mass is 9.91. The van der Waals surface area contributed by atoms with Gasteiger partial charge in [-0.1, -0.05) is 6.07 Å². The van der Waals surface area contributed by atoms with Crippen molar-refractivity contribution in [3.8, 4) is 28.4 Å². The maximum Gasteiger partial charge on any atom is 0.317 e. The third kappa shape index (κ3) is 9.41. The van der Waals surface area contributed by atoms with Crippen molar-refractivity contribution in [1.82, 2.24) is 35.2 Å². The first-order valence-corrected chi connectivity index (χ1v) is 20.3. The number of benzene rings is 2. The van der Waals surface area contributed by atoms with Crippen LogP contribution in [0.5, 0.6) is 17.2 Å². The lowest BCUT2D eigenvalue weighted by Crippen LogP contribution is -2.58. The molecule has 4 N–H and O–H groups in total. The van der Waals surface area contributed by atoms with Gasteiger partial charge in [-0.3, -0.25) is 48.7 Å². The van der Waals surface area contributed by atoms with Gasteiger partial charge in [0.1, 0.15) is 23.3 Å². The van der Waals surface area contributed by atoms with E-state index < -0.39 is 29.7 Å². The lowest BCUT2D eigenvalue weighted by molar-refractivity contribution is -0.136. The largest absolute Gasteiger partial charge is 0.496 e. The predicted octanol–water partition coefficient (Wildman–Crippen LogP) is 1.81. The summed E-state index contributed by atoms with van der Waals surface area (Å²) in [5.74, 6) is -0.766. The Morgan fingerprint density at radius 3 is 2.35 bits per heavy atom. The number of carbonyl (C=O) groups excluding carboxylic acids is 6. The van der Waals surface area contributed by atoms with E-state index in [0.29, 0.717) is 75.3 Å². The van der Waals surface area contributed by atoms with Gasteiger partial charge in [0.15, 0.2) is 0 Å². The number of methoxy groups -OCH3 is 2. The Morgan fingerprint density at radius 2 is 1.66 bits per heavy atom. The highest BCUT2D eigenvalue weighted by atomic mass is 16.5. The second-order valence-corrected chi connectivity index (χ2v) is 15.4. The molecule has 1 aromatic heterocycles. The molecule has 19 heteroatoms. The minimum atomic E-state index is -1.05. The van der Waals surface area contributed by atoms with E-state index in [4.69, 9.17) is 24.1 Å². The zero-order valence-corrected chi connectivity index (χ0v) is 35.1. The normalized spacial score (nSPS) is 17.2. The van der Waals surface area contributed by atoms with Crippen LogP contribution in [-0.2, 0) is 45.7 Å². The number of pyridine rings is 1. The first-order chi connectivity index (χ1) is 29.8. The van der Waals surface area contributed by atoms with Crippen molar-refractivity contribution in [2.45, 2.75) is 70.1 Å². The van der Waals surface area contributed by atoms with E-state index in [0.717, 1.165) is 27.2 Å². The number of amides is 7. The predicted molar refractivity (Wildman–Crippen MR) is 222 cm³/mol. The number of imide groups is 2. The van der Waals surface area contributed by atoms with Crippen LogP contribution in [0.1, 0.15) is 75.9 Å². The number of fused-ring (bicyclic) bond motifs is 2. The van der Waals surface area contributed by atoms with Crippen LogP contribution in [0, 0.1) is 0 Å². The number of unbranched alkanes of at least 4 members (excludes halogenated alkanes) is 2. The van der Waals surface area contributed by atoms with E-state index in [1.54, 1.807) is 45.3 Å². The van der Waals surface area contributed by atoms with Gasteiger partial charge in [0.25, 0.3) is 23.8 Å². The standard InChI is InChI=1S/C42H49N7O10.CH2O2/c1-43-42(56)48-15-14-26-29(22-46(2)39(53)30(26)23-48)28-18-33(57-3)24(17-34(28)58-4)19-47-20-25(21-47)44-35(50)11-6-5-7-16-59-32-10-8-9-27-37(32)41(55)49(40(27)54)31-12-13-36(51)45-38(31)52;2-1-3/h8-10,17-18,22,25,31H,5-7,11-16,19-21,23H2,1-4H3,(H,43,56)(H,44,50)(H,45,51,52);1H,(H,2,3). The van der Waals surface area contributed by atoms with Crippen molar-refractivity contribution >= 4 is 42.0 Å². The van der Waals surface area contributed by atoms with Crippen molar-refractivity contribution in [2.24, 2.45) is 7.05 Å². The number of ether oxygens (including phenoxy) is 3. The maximum atomic E-state index is 13.3. The molecule has 0 spiro atoms. The van der Waals surface area contributed by atoms with Gasteiger partial charge in [0, 0.05) is 81.6 Å². The molecule has 2 fully saturated rings. The minimum absolute atomic E-state index is 0.0182. The first kappa shape index (κ1) is 44.8. The zero-order valence-electron chi connectivity index (χ0n) is 35.1. The summed E-state index contributed by atoms with van der Waals surface area (Å²) in [7, 11) is 6.50. The molecular weight excluding hydrogens is 807 g/mol. The van der Waals surface area contributed by atoms with Gasteiger partial charge in [-0.15, -0.1) is 0 Å². The number of nitrogens with one attached hydrogen (secondary N) is 3. The second kappa shape index (κ2) is 19.7. The monoisotopic (exact) mass is 857 g/mol. The summed E-state index contributed by atoms with van der Waals surface area (Å²) in [6.45, 7) is 2.65. The highest BCUT2D eigenvalue weighted by Crippen LogP contribution is 2.40. The summed E-state index contributed by atoms with van der Waals surface area (Å²) in [5, 5.41) is 14.8. The number of hydrogen-bond donors (Lipinski definition) is 4. The van der Waals surface area contributed by atoms with Crippen molar-refractivity contribution in [3.63, 3.8) is 0 Å². The Bertz CT molecular complexity index is 2320. The molecule has 0 saturated carbocycles. The van der Waals surface area contributed by atoms with E-state index >= 15 is 0 Å². The summed E-state index contributed by atoms with van der Waals surface area (Å²) >= 11 is 0. The van der Waals surface area contributed by atoms with E-state index in [-0.39, 0.29) is 72.9 Å². The third-order valence-electron chi connectivity index (χ3n) is 11.4. The lowest BCUT2D eigenvalue weighted by Gasteiger charge is -2.40. The molecule has 0 bridgehead atoms. The number of hydrogen-bond acceptors (Lipinski definition) is 12. The van der Waals surface area contributed by atoms with Crippen LogP contribution < -0.4 is 35.7 Å². The number of rotatable bonds is 14. The summed E-state index contributed by atoms with van der Waals surface area (Å²) in [4.78, 5) is 102.